The molecule has 2 saturated heterocycles. The number of alkyl halides is 3. The van der Waals surface area contributed by atoms with E-state index in [4.69, 9.17) is 4.74 Å². The van der Waals surface area contributed by atoms with Gasteiger partial charge in [-0.2, -0.15) is 13.2 Å². The number of carbonyl (C=O) groups excluding carboxylic acids is 3. The van der Waals surface area contributed by atoms with Crippen LogP contribution >= 0.6 is 0 Å². The fourth-order valence-electron chi connectivity index (χ4n) is 3.50. The summed E-state index contributed by atoms with van der Waals surface area (Å²) >= 11 is 0. The smallest absolute Gasteiger partial charge is 0.416 e. The maximum Gasteiger partial charge on any atom is 0.416 e. The van der Waals surface area contributed by atoms with Crippen LogP contribution in [0.2, 0.25) is 0 Å². The van der Waals surface area contributed by atoms with Crippen molar-refractivity contribution in [3.05, 3.63) is 29.8 Å². The Morgan fingerprint density at radius 1 is 1.29 bits per heavy atom. The van der Waals surface area contributed by atoms with Crippen molar-refractivity contribution in [2.75, 3.05) is 26.7 Å². The van der Waals surface area contributed by atoms with Gasteiger partial charge in [0.05, 0.1) is 12.7 Å². The normalized spacial score (nSPS) is 25.0. The molecule has 10 heteroatoms. The molecule has 152 valence electrons. The van der Waals surface area contributed by atoms with Gasteiger partial charge in [0.15, 0.2) is 5.60 Å². The number of esters is 1. The van der Waals surface area contributed by atoms with Gasteiger partial charge in [-0.1, -0.05) is 6.07 Å². The molecule has 0 saturated carbocycles. The topological polar surface area (TPSA) is 76.2 Å². The van der Waals surface area contributed by atoms with Crippen LogP contribution in [-0.2, 0) is 25.3 Å². The maximum atomic E-state index is 12.9. The molecule has 2 atom stereocenters. The van der Waals surface area contributed by atoms with Crippen molar-refractivity contribution in [2.24, 2.45) is 0 Å². The summed E-state index contributed by atoms with van der Waals surface area (Å²) in [6, 6.07) is 3.42. The van der Waals surface area contributed by atoms with Gasteiger partial charge in [0.2, 0.25) is 5.91 Å². The Kier molecular flexibility index (Phi) is 4.99. The minimum atomic E-state index is -4.54. The van der Waals surface area contributed by atoms with E-state index >= 15 is 0 Å². The second kappa shape index (κ2) is 6.99. The fraction of sp³-hybridized carbons (Fsp3) is 0.500. The molecule has 2 amide bonds. The summed E-state index contributed by atoms with van der Waals surface area (Å²) in [5.41, 5.74) is -2.37. The van der Waals surface area contributed by atoms with Crippen molar-refractivity contribution in [3.8, 4) is 5.75 Å². The van der Waals surface area contributed by atoms with E-state index in [9.17, 15) is 27.6 Å². The Bertz CT molecular complexity index is 813. The lowest BCUT2D eigenvalue weighted by Crippen LogP contribution is -2.56. The van der Waals surface area contributed by atoms with Crippen LogP contribution in [0.3, 0.4) is 0 Å². The molecule has 7 nitrogen and oxygen atoms in total. The molecule has 2 aliphatic rings. The Morgan fingerprint density at radius 3 is 2.64 bits per heavy atom. The van der Waals surface area contributed by atoms with Gasteiger partial charge in [0.1, 0.15) is 18.3 Å². The lowest BCUT2D eigenvalue weighted by molar-refractivity contribution is -0.154. The highest BCUT2D eigenvalue weighted by atomic mass is 19.4. The molecule has 2 heterocycles. The minimum Gasteiger partial charge on any atom is -0.478 e. The quantitative estimate of drug-likeness (QED) is 0.716. The summed E-state index contributed by atoms with van der Waals surface area (Å²) in [6.45, 7) is 1.59. The monoisotopic (exact) mass is 400 g/mol. The molecule has 0 aromatic heterocycles. The van der Waals surface area contributed by atoms with Gasteiger partial charge < -0.3 is 19.3 Å². The molecule has 28 heavy (non-hydrogen) atoms. The molecule has 0 N–H and O–H groups in total. The lowest BCUT2D eigenvalue weighted by atomic mass is 10.0. The standard InChI is InChI=1S/C18H19F3N2O5/c1-17(28-12-5-3-4-11(8-12)18(19,20)21)9-13-15(25)22(10-14(24)27-2)6-7-23(13)16(17)26/h3-5,8,13H,6-7,9-10H2,1-2H3. The number of methoxy groups -OCH3 is 1. The predicted molar refractivity (Wildman–Crippen MR) is 89.2 cm³/mol. The number of benzene rings is 1. The summed E-state index contributed by atoms with van der Waals surface area (Å²) in [4.78, 5) is 39.5. The average molecular weight is 400 g/mol. The first-order valence-corrected chi connectivity index (χ1v) is 8.58. The molecule has 0 radical (unpaired) electrons. The van der Waals surface area contributed by atoms with Gasteiger partial charge >= 0.3 is 12.1 Å². The summed E-state index contributed by atoms with van der Waals surface area (Å²) in [5.74, 6) is -1.57. The molecule has 0 aliphatic carbocycles. The van der Waals surface area contributed by atoms with Crippen LogP contribution in [0.25, 0.3) is 0 Å². The number of hydrogen-bond donors (Lipinski definition) is 0. The number of nitrogens with zero attached hydrogens (tertiary/aromatic N) is 2. The zero-order valence-corrected chi connectivity index (χ0v) is 15.3. The summed E-state index contributed by atoms with van der Waals surface area (Å²) in [7, 11) is 1.21. The number of ether oxygens (including phenoxy) is 2. The predicted octanol–water partition coefficient (Wildman–Crippen LogP) is 1.46. The van der Waals surface area contributed by atoms with Crippen LogP contribution in [0.4, 0.5) is 13.2 Å². The van der Waals surface area contributed by atoms with Crippen LogP contribution in [-0.4, -0.2) is 66.0 Å². The van der Waals surface area contributed by atoms with Crippen LogP contribution in [0, 0.1) is 0 Å². The highest BCUT2D eigenvalue weighted by Crippen LogP contribution is 2.37. The molecule has 0 bridgehead atoms. The van der Waals surface area contributed by atoms with Gasteiger partial charge in [0, 0.05) is 19.5 Å². The highest BCUT2D eigenvalue weighted by molar-refractivity contribution is 5.97. The zero-order chi connectivity index (χ0) is 20.7. The van der Waals surface area contributed by atoms with Crippen molar-refractivity contribution >= 4 is 17.8 Å². The average Bonchev–Trinajstić information content (AvgIpc) is 2.88. The molecule has 2 aliphatic heterocycles. The van der Waals surface area contributed by atoms with E-state index in [2.05, 4.69) is 4.74 Å². The minimum absolute atomic E-state index is 0.0292. The van der Waals surface area contributed by atoms with E-state index in [1.54, 1.807) is 0 Å². The number of rotatable bonds is 4. The molecular formula is C18H19F3N2O5. The Morgan fingerprint density at radius 2 is 2.00 bits per heavy atom. The van der Waals surface area contributed by atoms with Crippen LogP contribution < -0.4 is 4.74 Å². The van der Waals surface area contributed by atoms with E-state index in [1.807, 2.05) is 0 Å². The van der Waals surface area contributed by atoms with Gasteiger partial charge in [-0.05, 0) is 25.1 Å². The highest BCUT2D eigenvalue weighted by Gasteiger charge is 2.55. The van der Waals surface area contributed by atoms with E-state index in [-0.39, 0.29) is 31.8 Å². The van der Waals surface area contributed by atoms with E-state index in [1.165, 1.54) is 36.0 Å². The van der Waals surface area contributed by atoms with Crippen molar-refractivity contribution in [2.45, 2.75) is 31.2 Å². The maximum absolute atomic E-state index is 12.9. The summed E-state index contributed by atoms with van der Waals surface area (Å²) < 4.78 is 48.9. The first-order valence-electron chi connectivity index (χ1n) is 8.58. The van der Waals surface area contributed by atoms with E-state index < -0.39 is 41.2 Å². The second-order valence-corrected chi connectivity index (χ2v) is 6.91. The zero-order valence-electron chi connectivity index (χ0n) is 15.3. The first kappa shape index (κ1) is 20.0. The van der Waals surface area contributed by atoms with Gasteiger partial charge in [-0.25, -0.2) is 0 Å². The molecule has 1 aromatic carbocycles. The number of hydrogen-bond acceptors (Lipinski definition) is 5. The number of halogens is 3. The third-order valence-corrected chi connectivity index (χ3v) is 4.93. The second-order valence-electron chi connectivity index (χ2n) is 6.91. The van der Waals surface area contributed by atoms with Crippen LogP contribution in [0.5, 0.6) is 5.75 Å². The van der Waals surface area contributed by atoms with Crippen molar-refractivity contribution in [1.82, 2.24) is 9.80 Å². The van der Waals surface area contributed by atoms with Crippen molar-refractivity contribution in [1.29, 1.82) is 0 Å². The summed E-state index contributed by atoms with van der Waals surface area (Å²) in [6.07, 6.45) is -4.57. The molecule has 1 aromatic rings. The number of amides is 2. The molecular weight excluding hydrogens is 381 g/mol. The molecule has 3 rings (SSSR count). The Labute approximate surface area is 159 Å². The Balaban J connectivity index is 1.78. The van der Waals surface area contributed by atoms with Crippen molar-refractivity contribution in [3.63, 3.8) is 0 Å². The Hall–Kier alpha value is -2.78. The third kappa shape index (κ3) is 3.63. The molecule has 2 fully saturated rings. The van der Waals surface area contributed by atoms with Crippen LogP contribution in [0.1, 0.15) is 18.9 Å². The van der Waals surface area contributed by atoms with E-state index in [0.717, 1.165) is 12.1 Å². The number of fused-ring (bicyclic) bond motifs is 1. The molecule has 0 spiro atoms. The first-order chi connectivity index (χ1) is 13.0. The largest absolute Gasteiger partial charge is 0.478 e. The van der Waals surface area contributed by atoms with Crippen LogP contribution in [0.15, 0.2) is 24.3 Å². The SMILES string of the molecule is COC(=O)CN1CCN2C(=O)C(C)(Oc3cccc(C(F)(F)F)c3)CC2C1=O. The number of piperazine rings is 1. The lowest BCUT2D eigenvalue weighted by Gasteiger charge is -2.35. The van der Waals surface area contributed by atoms with Gasteiger partial charge in [-0.3, -0.25) is 14.4 Å². The van der Waals surface area contributed by atoms with Gasteiger partial charge in [0.25, 0.3) is 5.91 Å². The van der Waals surface area contributed by atoms with E-state index in [0.29, 0.717) is 0 Å². The third-order valence-electron chi connectivity index (χ3n) is 4.93. The summed E-state index contributed by atoms with van der Waals surface area (Å²) in [5, 5.41) is 0. The van der Waals surface area contributed by atoms with Crippen molar-refractivity contribution < 1.29 is 37.0 Å². The molecule has 2 unspecified atom stereocenters. The fourth-order valence-corrected chi connectivity index (χ4v) is 3.50. The number of carbonyl (C=O) groups is 3. The van der Waals surface area contributed by atoms with Gasteiger partial charge in [-0.15, -0.1) is 0 Å².